The van der Waals surface area contributed by atoms with Crippen LogP contribution in [0.15, 0.2) is 36.5 Å². The molecule has 1 aliphatic rings. The molecule has 2 heterocycles. The number of Topliss-reactive ketones (excluding diaryl/α,β-unsaturated/α-hetero) is 1. The first-order valence-corrected chi connectivity index (χ1v) is 8.04. The molecule has 2 aromatic rings. The van der Waals surface area contributed by atoms with Crippen molar-refractivity contribution in [3.05, 3.63) is 53.6 Å². The number of esters is 1. The van der Waals surface area contributed by atoms with Crippen molar-refractivity contribution in [1.82, 2.24) is 9.97 Å². The summed E-state index contributed by atoms with van der Waals surface area (Å²) in [7, 11) is 1.30. The summed E-state index contributed by atoms with van der Waals surface area (Å²) in [6.07, 6.45) is 2.83. The van der Waals surface area contributed by atoms with Crippen LogP contribution in [-0.2, 0) is 4.74 Å². The van der Waals surface area contributed by atoms with Gasteiger partial charge in [0.25, 0.3) is 0 Å². The maximum absolute atomic E-state index is 13.0. The third-order valence-corrected chi connectivity index (χ3v) is 4.31. The number of carbonyl (C=O) groups is 2. The van der Waals surface area contributed by atoms with Crippen molar-refractivity contribution < 1.29 is 18.7 Å². The van der Waals surface area contributed by atoms with Gasteiger partial charge in [-0.2, -0.15) is 0 Å². The first-order valence-electron chi connectivity index (χ1n) is 8.04. The third kappa shape index (κ3) is 3.81. The summed E-state index contributed by atoms with van der Waals surface area (Å²) in [6.45, 7) is 1.23. The topological polar surface area (TPSA) is 72.4 Å². The van der Waals surface area contributed by atoms with Crippen molar-refractivity contribution in [3.8, 4) is 0 Å². The Kier molecular flexibility index (Phi) is 5.02. The number of halogens is 1. The minimum Gasteiger partial charge on any atom is -0.464 e. The van der Waals surface area contributed by atoms with Gasteiger partial charge >= 0.3 is 5.97 Å². The lowest BCUT2D eigenvalue weighted by atomic mass is 9.89. The Hall–Kier alpha value is -2.83. The Labute approximate surface area is 144 Å². The van der Waals surface area contributed by atoms with Gasteiger partial charge in [0.1, 0.15) is 5.82 Å². The van der Waals surface area contributed by atoms with E-state index in [0.29, 0.717) is 37.4 Å². The highest BCUT2D eigenvalue weighted by Gasteiger charge is 2.27. The minimum absolute atomic E-state index is 0.0314. The van der Waals surface area contributed by atoms with E-state index in [4.69, 9.17) is 0 Å². The van der Waals surface area contributed by atoms with Gasteiger partial charge in [-0.3, -0.25) is 4.79 Å². The molecule has 1 aromatic heterocycles. The number of benzene rings is 1. The Bertz CT molecular complexity index is 771. The molecule has 0 spiro atoms. The van der Waals surface area contributed by atoms with Gasteiger partial charge in [-0.25, -0.2) is 19.2 Å². The molecule has 0 aliphatic carbocycles. The maximum atomic E-state index is 13.0. The molecule has 1 saturated heterocycles. The number of aromatic nitrogens is 2. The molecule has 1 aromatic carbocycles. The molecule has 0 saturated carbocycles. The number of methoxy groups -OCH3 is 1. The van der Waals surface area contributed by atoms with Gasteiger partial charge in [-0.05, 0) is 43.2 Å². The van der Waals surface area contributed by atoms with Gasteiger partial charge in [-0.1, -0.05) is 0 Å². The summed E-state index contributed by atoms with van der Waals surface area (Å²) < 4.78 is 17.6. The van der Waals surface area contributed by atoms with Crippen molar-refractivity contribution in [1.29, 1.82) is 0 Å². The predicted molar refractivity (Wildman–Crippen MR) is 89.0 cm³/mol. The fourth-order valence-electron chi connectivity index (χ4n) is 2.91. The number of piperidine rings is 1. The van der Waals surface area contributed by atoms with E-state index >= 15 is 0 Å². The number of anilines is 1. The van der Waals surface area contributed by atoms with Crippen LogP contribution in [-0.4, -0.2) is 41.9 Å². The van der Waals surface area contributed by atoms with Crippen LogP contribution in [0.4, 0.5) is 10.3 Å². The van der Waals surface area contributed by atoms with Crippen LogP contribution in [0, 0.1) is 11.7 Å². The summed E-state index contributed by atoms with van der Waals surface area (Å²) in [5, 5.41) is 0. The van der Waals surface area contributed by atoms with Crippen LogP contribution < -0.4 is 4.90 Å². The summed E-state index contributed by atoms with van der Waals surface area (Å²) in [6, 6.07) is 7.14. The summed E-state index contributed by atoms with van der Waals surface area (Å²) >= 11 is 0. The fraction of sp³-hybridized carbons (Fsp3) is 0.333. The maximum Gasteiger partial charge on any atom is 0.356 e. The Balaban J connectivity index is 1.65. The van der Waals surface area contributed by atoms with Crippen LogP contribution in [0.3, 0.4) is 0 Å². The quantitative estimate of drug-likeness (QED) is 0.627. The van der Waals surface area contributed by atoms with E-state index in [1.165, 1.54) is 43.6 Å². The smallest absolute Gasteiger partial charge is 0.356 e. The first kappa shape index (κ1) is 17.0. The Morgan fingerprint density at radius 1 is 1.16 bits per heavy atom. The molecule has 0 atom stereocenters. The van der Waals surface area contributed by atoms with E-state index < -0.39 is 5.97 Å². The number of rotatable bonds is 4. The largest absolute Gasteiger partial charge is 0.464 e. The lowest BCUT2D eigenvalue weighted by Crippen LogP contribution is -2.37. The molecule has 0 N–H and O–H groups in total. The van der Waals surface area contributed by atoms with E-state index in [2.05, 4.69) is 14.7 Å². The molecule has 1 aliphatic heterocycles. The van der Waals surface area contributed by atoms with E-state index in [-0.39, 0.29) is 23.2 Å². The average Bonchev–Trinajstić information content (AvgIpc) is 2.67. The SMILES string of the molecule is COC(=O)c1ccnc(N2CCC(C(=O)c3ccc(F)cc3)CC2)n1. The van der Waals surface area contributed by atoms with Gasteiger partial charge in [0.15, 0.2) is 11.5 Å². The van der Waals surface area contributed by atoms with Crippen LogP contribution in [0.5, 0.6) is 0 Å². The zero-order valence-corrected chi connectivity index (χ0v) is 13.8. The van der Waals surface area contributed by atoms with Crippen LogP contribution >= 0.6 is 0 Å². The summed E-state index contributed by atoms with van der Waals surface area (Å²) in [5.41, 5.74) is 0.737. The molecule has 130 valence electrons. The molecule has 0 radical (unpaired) electrons. The van der Waals surface area contributed by atoms with Crippen molar-refractivity contribution in [3.63, 3.8) is 0 Å². The number of carbonyl (C=O) groups excluding carboxylic acids is 2. The second-order valence-electron chi connectivity index (χ2n) is 5.87. The number of nitrogens with zero attached hydrogens (tertiary/aromatic N) is 3. The fourth-order valence-corrected chi connectivity index (χ4v) is 2.91. The number of hydrogen-bond donors (Lipinski definition) is 0. The zero-order chi connectivity index (χ0) is 17.8. The van der Waals surface area contributed by atoms with Crippen molar-refractivity contribution >= 4 is 17.7 Å². The molecule has 0 bridgehead atoms. The lowest BCUT2D eigenvalue weighted by Gasteiger charge is -2.31. The first-order chi connectivity index (χ1) is 12.1. The Morgan fingerprint density at radius 3 is 2.48 bits per heavy atom. The van der Waals surface area contributed by atoms with Gasteiger partial charge < -0.3 is 9.64 Å². The van der Waals surface area contributed by atoms with Crippen LogP contribution in [0.2, 0.25) is 0 Å². The molecule has 3 rings (SSSR count). The summed E-state index contributed by atoms with van der Waals surface area (Å²) in [4.78, 5) is 34.4. The molecule has 7 heteroatoms. The van der Waals surface area contributed by atoms with Gasteiger partial charge in [0.05, 0.1) is 7.11 Å². The molecule has 6 nitrogen and oxygen atoms in total. The van der Waals surface area contributed by atoms with Crippen molar-refractivity contribution in [2.24, 2.45) is 5.92 Å². The van der Waals surface area contributed by atoms with Crippen molar-refractivity contribution in [2.45, 2.75) is 12.8 Å². The zero-order valence-electron chi connectivity index (χ0n) is 13.8. The second-order valence-corrected chi connectivity index (χ2v) is 5.87. The molecule has 0 unspecified atom stereocenters. The highest BCUT2D eigenvalue weighted by Crippen LogP contribution is 2.24. The molecule has 0 amide bonds. The molecule has 1 fully saturated rings. The van der Waals surface area contributed by atoms with Gasteiger partial charge in [0, 0.05) is 30.8 Å². The highest BCUT2D eigenvalue weighted by molar-refractivity contribution is 5.98. The van der Waals surface area contributed by atoms with Gasteiger partial charge in [0.2, 0.25) is 5.95 Å². The molecular formula is C18H18FN3O3. The average molecular weight is 343 g/mol. The summed E-state index contributed by atoms with van der Waals surface area (Å²) in [5.74, 6) is -0.482. The van der Waals surface area contributed by atoms with Crippen LogP contribution in [0.1, 0.15) is 33.7 Å². The normalized spacial score (nSPS) is 15.0. The van der Waals surface area contributed by atoms with E-state index in [9.17, 15) is 14.0 Å². The number of ether oxygens (including phenoxy) is 1. The van der Waals surface area contributed by atoms with Gasteiger partial charge in [-0.15, -0.1) is 0 Å². The predicted octanol–water partition coefficient (Wildman–Crippen LogP) is 2.50. The highest BCUT2D eigenvalue weighted by atomic mass is 19.1. The lowest BCUT2D eigenvalue weighted by molar-refractivity contribution is 0.0593. The van der Waals surface area contributed by atoms with E-state index in [1.54, 1.807) is 0 Å². The number of hydrogen-bond acceptors (Lipinski definition) is 6. The minimum atomic E-state index is -0.509. The number of ketones is 1. The van der Waals surface area contributed by atoms with Crippen LogP contribution in [0.25, 0.3) is 0 Å². The van der Waals surface area contributed by atoms with Crippen molar-refractivity contribution in [2.75, 3.05) is 25.1 Å². The third-order valence-electron chi connectivity index (χ3n) is 4.31. The van der Waals surface area contributed by atoms with E-state index in [0.717, 1.165) is 0 Å². The standard InChI is InChI=1S/C18H18FN3O3/c1-25-17(24)15-6-9-20-18(21-15)22-10-7-13(8-11-22)16(23)12-2-4-14(19)5-3-12/h2-6,9,13H,7-8,10-11H2,1H3. The van der Waals surface area contributed by atoms with E-state index in [1.807, 2.05) is 4.90 Å². The monoisotopic (exact) mass is 343 g/mol. The molecule has 25 heavy (non-hydrogen) atoms. The molecular weight excluding hydrogens is 325 g/mol. The Morgan fingerprint density at radius 2 is 1.84 bits per heavy atom. The second kappa shape index (κ2) is 7.38.